The third-order valence-corrected chi connectivity index (χ3v) is 3.18. The highest BCUT2D eigenvalue weighted by molar-refractivity contribution is 7.99. The van der Waals surface area contributed by atoms with Crippen LogP contribution in [0.15, 0.2) is 10.3 Å². The van der Waals surface area contributed by atoms with E-state index in [9.17, 15) is 0 Å². The summed E-state index contributed by atoms with van der Waals surface area (Å²) in [5.74, 6) is 0.936. The summed E-state index contributed by atoms with van der Waals surface area (Å²) in [5.41, 5.74) is 8.49. The highest BCUT2D eigenvalue weighted by Crippen LogP contribution is 2.17. The summed E-state index contributed by atoms with van der Waals surface area (Å²) >= 11 is 1.51. The zero-order chi connectivity index (χ0) is 12.1. The molecule has 3 N–H and O–H groups in total. The molecule has 88 valence electrons. The first-order valence-corrected chi connectivity index (χ1v) is 5.94. The molecule has 0 spiro atoms. The van der Waals surface area contributed by atoms with E-state index in [4.69, 9.17) is 10.9 Å². The van der Waals surface area contributed by atoms with Gasteiger partial charge in [0.05, 0.1) is 0 Å². The average Bonchev–Trinajstić information content (AvgIpc) is 2.25. The van der Waals surface area contributed by atoms with Crippen molar-refractivity contribution in [1.29, 1.82) is 0 Å². The third-order valence-electron chi connectivity index (χ3n) is 2.33. The van der Waals surface area contributed by atoms with Gasteiger partial charge in [0.25, 0.3) is 0 Å². The lowest BCUT2D eigenvalue weighted by Crippen LogP contribution is -2.12. The van der Waals surface area contributed by atoms with E-state index in [-0.39, 0.29) is 5.84 Å². The van der Waals surface area contributed by atoms with E-state index < -0.39 is 0 Å². The van der Waals surface area contributed by atoms with Crippen LogP contribution in [0.3, 0.4) is 0 Å². The van der Waals surface area contributed by atoms with Crippen molar-refractivity contribution >= 4 is 17.6 Å². The molecule has 1 aromatic rings. The second-order valence-electron chi connectivity index (χ2n) is 3.49. The Morgan fingerprint density at radius 1 is 1.31 bits per heavy atom. The Kier molecular flexibility index (Phi) is 4.54. The average molecular weight is 240 g/mol. The normalized spacial score (nSPS) is 11.8. The summed E-state index contributed by atoms with van der Waals surface area (Å²) in [6.45, 7) is 5.95. The molecule has 0 saturated carbocycles. The summed E-state index contributed by atoms with van der Waals surface area (Å²) in [6.07, 6.45) is 0.524. The van der Waals surface area contributed by atoms with Crippen molar-refractivity contribution in [3.05, 3.63) is 17.0 Å². The van der Waals surface area contributed by atoms with Gasteiger partial charge in [-0.05, 0) is 26.3 Å². The van der Waals surface area contributed by atoms with Crippen molar-refractivity contribution < 1.29 is 5.21 Å². The molecule has 0 aliphatic rings. The molecule has 0 amide bonds. The fourth-order valence-corrected chi connectivity index (χ4v) is 2.00. The molecule has 5 nitrogen and oxygen atoms in total. The van der Waals surface area contributed by atoms with Crippen LogP contribution < -0.4 is 5.73 Å². The van der Waals surface area contributed by atoms with Crippen LogP contribution in [0.5, 0.6) is 0 Å². The van der Waals surface area contributed by atoms with E-state index >= 15 is 0 Å². The van der Waals surface area contributed by atoms with Crippen molar-refractivity contribution in [3.63, 3.8) is 0 Å². The van der Waals surface area contributed by atoms with Crippen molar-refractivity contribution in [2.75, 3.05) is 5.75 Å². The molecule has 16 heavy (non-hydrogen) atoms. The highest BCUT2D eigenvalue weighted by Gasteiger charge is 2.05. The van der Waals surface area contributed by atoms with Crippen LogP contribution in [0.4, 0.5) is 0 Å². The van der Waals surface area contributed by atoms with Gasteiger partial charge >= 0.3 is 0 Å². The molecule has 6 heteroatoms. The molecule has 1 rings (SSSR count). The summed E-state index contributed by atoms with van der Waals surface area (Å²) in [5, 5.41) is 12.0. The van der Waals surface area contributed by atoms with Crippen molar-refractivity contribution in [1.82, 2.24) is 9.97 Å². The summed E-state index contributed by atoms with van der Waals surface area (Å²) < 4.78 is 0. The molecule has 0 fully saturated rings. The van der Waals surface area contributed by atoms with Gasteiger partial charge in [-0.25, -0.2) is 9.97 Å². The molecule has 0 bridgehead atoms. The number of rotatable bonds is 4. The predicted octanol–water partition coefficient (Wildman–Crippen LogP) is 1.63. The van der Waals surface area contributed by atoms with Crippen LogP contribution in [0, 0.1) is 20.8 Å². The molecule has 1 heterocycles. The quantitative estimate of drug-likeness (QED) is 0.209. The van der Waals surface area contributed by atoms with Gasteiger partial charge in [0.1, 0.15) is 5.84 Å². The van der Waals surface area contributed by atoms with Gasteiger partial charge in [-0.15, -0.1) is 0 Å². The number of aryl methyl sites for hydroxylation is 2. The van der Waals surface area contributed by atoms with E-state index in [1.54, 1.807) is 0 Å². The lowest BCUT2D eigenvalue weighted by Gasteiger charge is -2.06. The zero-order valence-corrected chi connectivity index (χ0v) is 10.5. The van der Waals surface area contributed by atoms with E-state index in [1.807, 2.05) is 20.8 Å². The molecule has 0 atom stereocenters. The maximum atomic E-state index is 8.38. The lowest BCUT2D eigenvalue weighted by molar-refractivity contribution is 0.317. The molecule has 0 saturated heterocycles. The minimum Gasteiger partial charge on any atom is -0.409 e. The van der Waals surface area contributed by atoms with Crippen LogP contribution in [-0.2, 0) is 0 Å². The van der Waals surface area contributed by atoms with Crippen LogP contribution in [0.25, 0.3) is 0 Å². The van der Waals surface area contributed by atoms with Gasteiger partial charge in [-0.2, -0.15) is 0 Å². The van der Waals surface area contributed by atoms with Gasteiger partial charge in [0, 0.05) is 23.6 Å². The van der Waals surface area contributed by atoms with E-state index in [0.29, 0.717) is 12.2 Å². The number of oxime groups is 1. The van der Waals surface area contributed by atoms with Crippen LogP contribution >= 0.6 is 11.8 Å². The van der Waals surface area contributed by atoms with Crippen molar-refractivity contribution in [2.45, 2.75) is 32.3 Å². The van der Waals surface area contributed by atoms with Gasteiger partial charge in [0.2, 0.25) is 0 Å². The maximum absolute atomic E-state index is 8.38. The number of amidine groups is 1. The van der Waals surface area contributed by atoms with Crippen molar-refractivity contribution in [2.24, 2.45) is 10.9 Å². The fourth-order valence-electron chi connectivity index (χ4n) is 1.10. The summed E-state index contributed by atoms with van der Waals surface area (Å²) in [7, 11) is 0. The minimum atomic E-state index is 0.230. The predicted molar refractivity (Wildman–Crippen MR) is 65.0 cm³/mol. The minimum absolute atomic E-state index is 0.230. The van der Waals surface area contributed by atoms with Gasteiger partial charge < -0.3 is 10.9 Å². The number of aromatic nitrogens is 2. The Morgan fingerprint density at radius 2 is 1.88 bits per heavy atom. The highest BCUT2D eigenvalue weighted by atomic mass is 32.2. The Morgan fingerprint density at radius 3 is 2.38 bits per heavy atom. The van der Waals surface area contributed by atoms with Crippen LogP contribution in [0.2, 0.25) is 0 Å². The zero-order valence-electron chi connectivity index (χ0n) is 9.69. The Hall–Kier alpha value is -1.30. The molecule has 0 aliphatic heterocycles. The first-order valence-electron chi connectivity index (χ1n) is 4.95. The molecule has 1 aromatic heterocycles. The number of hydrogen-bond acceptors (Lipinski definition) is 5. The topological polar surface area (TPSA) is 84.4 Å². The fraction of sp³-hybridized carbons (Fsp3) is 0.500. The number of nitrogens with two attached hydrogens (primary N) is 1. The third kappa shape index (κ3) is 3.37. The second kappa shape index (κ2) is 5.69. The summed E-state index contributed by atoms with van der Waals surface area (Å²) in [6, 6.07) is 0. The van der Waals surface area contributed by atoms with Gasteiger partial charge in [-0.3, -0.25) is 0 Å². The first kappa shape index (κ1) is 12.8. The smallest absolute Gasteiger partial charge is 0.188 e. The molecule has 0 aliphatic carbocycles. The Balaban J connectivity index is 2.62. The number of nitrogens with zero attached hydrogens (tertiary/aromatic N) is 3. The van der Waals surface area contributed by atoms with Crippen molar-refractivity contribution in [3.8, 4) is 0 Å². The summed E-state index contributed by atoms with van der Waals surface area (Å²) in [4.78, 5) is 8.73. The molecular formula is C10H16N4OS. The molecular weight excluding hydrogens is 224 g/mol. The molecule has 0 unspecified atom stereocenters. The SMILES string of the molecule is Cc1nc(SCCC(N)=NO)nc(C)c1C. The maximum Gasteiger partial charge on any atom is 0.188 e. The molecule has 0 radical (unpaired) electrons. The van der Waals surface area contributed by atoms with Crippen LogP contribution in [-0.4, -0.2) is 26.8 Å². The lowest BCUT2D eigenvalue weighted by atomic mass is 10.2. The monoisotopic (exact) mass is 240 g/mol. The van der Waals surface area contributed by atoms with E-state index in [1.165, 1.54) is 11.8 Å². The van der Waals surface area contributed by atoms with Gasteiger partial charge in [0.15, 0.2) is 5.16 Å². The molecule has 0 aromatic carbocycles. The number of thioether (sulfide) groups is 1. The Labute approximate surface area is 99.2 Å². The standard InChI is InChI=1S/C10H16N4OS/c1-6-7(2)12-10(13-8(6)3)16-5-4-9(11)14-15/h15H,4-5H2,1-3H3,(H2,11,14). The Bertz CT molecular complexity index is 383. The largest absolute Gasteiger partial charge is 0.409 e. The van der Waals surface area contributed by atoms with Gasteiger partial charge in [-0.1, -0.05) is 16.9 Å². The van der Waals surface area contributed by atoms with E-state index in [0.717, 1.165) is 22.1 Å². The van der Waals surface area contributed by atoms with Crippen LogP contribution in [0.1, 0.15) is 23.4 Å². The first-order chi connectivity index (χ1) is 7.54. The number of hydrogen-bond donors (Lipinski definition) is 2. The second-order valence-corrected chi connectivity index (χ2v) is 4.55. The van der Waals surface area contributed by atoms with E-state index in [2.05, 4.69) is 15.1 Å².